The second kappa shape index (κ2) is 45.9. The minimum atomic E-state index is -4.38. The lowest BCUT2D eigenvalue weighted by atomic mass is 10.0. The maximum Gasteiger partial charge on any atom is 0.472 e. The van der Waals surface area contributed by atoms with Gasteiger partial charge in [-0.25, -0.2) is 4.57 Å². The Morgan fingerprint density at radius 1 is 0.476 bits per heavy atom. The second-order valence-corrected chi connectivity index (χ2v) is 21.1. The molecule has 2 unspecified atom stereocenters. The molecular formula is C53H105NO8P+. The Balaban J connectivity index is 4.17. The molecular weight excluding hydrogens is 810 g/mol. The maximum absolute atomic E-state index is 12.8. The summed E-state index contributed by atoms with van der Waals surface area (Å²) >= 11 is 0. The molecule has 0 amide bonds. The van der Waals surface area contributed by atoms with E-state index in [1.54, 1.807) is 0 Å². The number of likely N-dealkylation sites (N-methyl/N-ethyl adjacent to an activating group) is 1. The number of rotatable bonds is 50. The van der Waals surface area contributed by atoms with E-state index in [0.717, 1.165) is 44.9 Å². The van der Waals surface area contributed by atoms with Crippen molar-refractivity contribution in [2.75, 3.05) is 47.5 Å². The fourth-order valence-electron chi connectivity index (χ4n) is 7.84. The fourth-order valence-corrected chi connectivity index (χ4v) is 8.58. The minimum absolute atomic E-state index is 0.0343. The van der Waals surface area contributed by atoms with Crippen LogP contribution >= 0.6 is 7.82 Å². The smallest absolute Gasteiger partial charge is 0.462 e. The Morgan fingerprint density at radius 2 is 0.810 bits per heavy atom. The zero-order valence-corrected chi connectivity index (χ0v) is 43.2. The van der Waals surface area contributed by atoms with E-state index < -0.39 is 26.5 Å². The average Bonchev–Trinajstić information content (AvgIpc) is 3.24. The molecule has 0 saturated heterocycles. The molecule has 0 spiro atoms. The largest absolute Gasteiger partial charge is 0.472 e. The number of phosphoric acid groups is 1. The summed E-state index contributed by atoms with van der Waals surface area (Å²) in [5.41, 5.74) is 0. The van der Waals surface area contributed by atoms with Crippen LogP contribution in [0.25, 0.3) is 0 Å². The summed E-state index contributed by atoms with van der Waals surface area (Å²) in [5, 5.41) is 0. The zero-order valence-electron chi connectivity index (χ0n) is 42.3. The number of unbranched alkanes of at least 4 members (excludes halogenated alkanes) is 34. The van der Waals surface area contributed by atoms with Crippen LogP contribution in [0.5, 0.6) is 0 Å². The number of esters is 2. The van der Waals surface area contributed by atoms with E-state index in [9.17, 15) is 19.0 Å². The number of ether oxygens (including phenoxy) is 2. The minimum Gasteiger partial charge on any atom is -0.462 e. The SMILES string of the molecule is CCCCCCCC/C=C\CCCCCCCCCC(=O)OC(COC(=O)CCCCCCCCCCCCCCCCCCCCCCCC)COP(=O)(O)OCC[N+](C)(C)C. The maximum atomic E-state index is 12.8. The monoisotopic (exact) mass is 915 g/mol. The Morgan fingerprint density at radius 3 is 1.17 bits per heavy atom. The van der Waals surface area contributed by atoms with Crippen molar-refractivity contribution in [3.05, 3.63) is 12.2 Å². The lowest BCUT2D eigenvalue weighted by Gasteiger charge is -2.24. The molecule has 0 aromatic heterocycles. The van der Waals surface area contributed by atoms with Crippen molar-refractivity contribution in [1.29, 1.82) is 0 Å². The van der Waals surface area contributed by atoms with Gasteiger partial charge in [0, 0.05) is 12.8 Å². The van der Waals surface area contributed by atoms with E-state index in [2.05, 4.69) is 26.0 Å². The second-order valence-electron chi connectivity index (χ2n) is 19.6. The van der Waals surface area contributed by atoms with Crippen LogP contribution in [-0.2, 0) is 32.7 Å². The lowest BCUT2D eigenvalue weighted by Crippen LogP contribution is -2.37. The zero-order chi connectivity index (χ0) is 46.4. The molecule has 0 aliphatic carbocycles. The number of carbonyl (C=O) groups is 2. The molecule has 0 saturated carbocycles. The van der Waals surface area contributed by atoms with Crippen molar-refractivity contribution in [3.63, 3.8) is 0 Å². The van der Waals surface area contributed by atoms with Gasteiger partial charge in [0.25, 0.3) is 0 Å². The van der Waals surface area contributed by atoms with Gasteiger partial charge in [0.2, 0.25) is 0 Å². The molecule has 10 heteroatoms. The van der Waals surface area contributed by atoms with Crippen LogP contribution in [0.4, 0.5) is 0 Å². The number of phosphoric ester groups is 1. The molecule has 0 radical (unpaired) electrons. The summed E-state index contributed by atoms with van der Waals surface area (Å²) in [6, 6.07) is 0. The standard InChI is InChI=1S/C53H104NO8P/c1-6-8-10-12-14-16-18-20-22-24-25-26-27-28-30-31-33-35-37-39-41-43-45-52(55)59-49-51(50-61-63(57,58)60-48-47-54(3,4)5)62-53(56)46-44-42-40-38-36-34-32-29-23-21-19-17-15-13-11-9-7-2/h21,23,51H,6-20,22,24-50H2,1-5H3/p+1/b23-21-. The van der Waals surface area contributed by atoms with Crippen molar-refractivity contribution < 1.29 is 42.1 Å². The molecule has 0 aliphatic heterocycles. The molecule has 374 valence electrons. The van der Waals surface area contributed by atoms with Gasteiger partial charge in [0.1, 0.15) is 19.8 Å². The summed E-state index contributed by atoms with van der Waals surface area (Å²) in [6.45, 7) is 4.47. The van der Waals surface area contributed by atoms with E-state index in [0.29, 0.717) is 23.9 Å². The van der Waals surface area contributed by atoms with Gasteiger partial charge in [-0.3, -0.25) is 18.6 Å². The summed E-state index contributed by atoms with van der Waals surface area (Å²) < 4.78 is 34.5. The highest BCUT2D eigenvalue weighted by molar-refractivity contribution is 7.47. The van der Waals surface area contributed by atoms with Crippen LogP contribution in [0.2, 0.25) is 0 Å². The molecule has 1 N–H and O–H groups in total. The normalized spacial score (nSPS) is 13.4. The van der Waals surface area contributed by atoms with E-state index in [-0.39, 0.29) is 25.6 Å². The van der Waals surface area contributed by atoms with Crippen molar-refractivity contribution in [2.45, 2.75) is 270 Å². The molecule has 2 atom stereocenters. The van der Waals surface area contributed by atoms with Gasteiger partial charge < -0.3 is 18.9 Å². The molecule has 0 fully saturated rings. The quantitative estimate of drug-likeness (QED) is 0.0211. The van der Waals surface area contributed by atoms with Gasteiger partial charge in [-0.1, -0.05) is 225 Å². The first-order valence-electron chi connectivity index (χ1n) is 26.9. The van der Waals surface area contributed by atoms with Gasteiger partial charge in [0.15, 0.2) is 6.10 Å². The van der Waals surface area contributed by atoms with Crippen LogP contribution < -0.4 is 0 Å². The Labute approximate surface area is 390 Å². The number of allylic oxidation sites excluding steroid dienone is 2. The Hall–Kier alpha value is -1.25. The third-order valence-corrected chi connectivity index (χ3v) is 13.0. The first-order chi connectivity index (χ1) is 30.5. The predicted molar refractivity (Wildman–Crippen MR) is 266 cm³/mol. The predicted octanol–water partition coefficient (Wildman–Crippen LogP) is 16.1. The highest BCUT2D eigenvalue weighted by Gasteiger charge is 2.27. The van der Waals surface area contributed by atoms with Crippen molar-refractivity contribution in [2.24, 2.45) is 0 Å². The topological polar surface area (TPSA) is 108 Å². The van der Waals surface area contributed by atoms with E-state index in [1.807, 2.05) is 21.1 Å². The van der Waals surface area contributed by atoms with Gasteiger partial charge in [0.05, 0.1) is 27.7 Å². The number of nitrogens with zero attached hydrogens (tertiary/aromatic N) is 1. The first-order valence-corrected chi connectivity index (χ1v) is 28.4. The molecule has 0 aromatic carbocycles. The molecule has 0 aliphatic rings. The average molecular weight is 915 g/mol. The number of quaternary nitrogens is 1. The van der Waals surface area contributed by atoms with Gasteiger partial charge in [-0.15, -0.1) is 0 Å². The molecule has 0 aromatic rings. The van der Waals surface area contributed by atoms with Crippen molar-refractivity contribution in [1.82, 2.24) is 0 Å². The Bertz CT molecular complexity index is 1080. The van der Waals surface area contributed by atoms with Crippen LogP contribution in [0.15, 0.2) is 12.2 Å². The fraction of sp³-hybridized carbons (Fsp3) is 0.925. The summed E-state index contributed by atoms with van der Waals surface area (Å²) in [6.07, 6.45) is 51.2. The molecule has 0 bridgehead atoms. The number of hydrogen-bond donors (Lipinski definition) is 1. The van der Waals surface area contributed by atoms with E-state index in [4.69, 9.17) is 18.5 Å². The van der Waals surface area contributed by atoms with Crippen molar-refractivity contribution >= 4 is 19.8 Å². The van der Waals surface area contributed by atoms with Gasteiger partial charge >= 0.3 is 19.8 Å². The molecule has 0 rings (SSSR count). The van der Waals surface area contributed by atoms with Crippen LogP contribution in [0.1, 0.15) is 264 Å². The highest BCUT2D eigenvalue weighted by Crippen LogP contribution is 2.43. The molecule has 9 nitrogen and oxygen atoms in total. The van der Waals surface area contributed by atoms with Gasteiger partial charge in [-0.05, 0) is 38.5 Å². The number of carbonyl (C=O) groups excluding carboxylic acids is 2. The first kappa shape index (κ1) is 61.8. The number of hydrogen-bond acceptors (Lipinski definition) is 7. The summed E-state index contributed by atoms with van der Waals surface area (Å²) in [7, 11) is 1.49. The van der Waals surface area contributed by atoms with E-state index in [1.165, 1.54) is 186 Å². The van der Waals surface area contributed by atoms with Crippen LogP contribution in [0, 0.1) is 0 Å². The third-order valence-electron chi connectivity index (χ3n) is 12.0. The summed E-state index contributed by atoms with van der Waals surface area (Å²) in [5.74, 6) is -0.787. The van der Waals surface area contributed by atoms with Gasteiger partial charge in [-0.2, -0.15) is 0 Å². The Kier molecular flexibility index (Phi) is 45.0. The lowest BCUT2D eigenvalue weighted by molar-refractivity contribution is -0.870. The van der Waals surface area contributed by atoms with E-state index >= 15 is 0 Å². The highest BCUT2D eigenvalue weighted by atomic mass is 31.2. The van der Waals surface area contributed by atoms with Crippen LogP contribution in [0.3, 0.4) is 0 Å². The molecule has 0 heterocycles. The van der Waals surface area contributed by atoms with Crippen LogP contribution in [-0.4, -0.2) is 74.9 Å². The third kappa shape index (κ3) is 50.0. The summed E-state index contributed by atoms with van der Waals surface area (Å²) in [4.78, 5) is 35.6. The van der Waals surface area contributed by atoms with Crippen molar-refractivity contribution in [3.8, 4) is 0 Å². The molecule has 63 heavy (non-hydrogen) atoms.